The predicted octanol–water partition coefficient (Wildman–Crippen LogP) is 0.497. The minimum atomic E-state index is -0.00208. The molecule has 82 valence electrons. The second-order valence-corrected chi connectivity index (χ2v) is 3.19. The molecule has 1 aromatic carbocycles. The van der Waals surface area contributed by atoms with E-state index in [0.29, 0.717) is 23.9 Å². The molecule has 0 amide bonds. The number of rotatable bonds is 5. The average molecular weight is 229 g/mol. The van der Waals surface area contributed by atoms with E-state index in [-0.39, 0.29) is 5.96 Å². The maximum absolute atomic E-state index is 5.78. The number of nitrogens with two attached hydrogens (primary N) is 2. The Morgan fingerprint density at radius 3 is 2.93 bits per heavy atom. The summed E-state index contributed by atoms with van der Waals surface area (Å²) in [4.78, 5) is 0. The Morgan fingerprint density at radius 2 is 2.27 bits per heavy atom. The lowest BCUT2D eigenvalue weighted by atomic mass is 10.3. The van der Waals surface area contributed by atoms with Gasteiger partial charge in [-0.25, -0.2) is 0 Å². The van der Waals surface area contributed by atoms with E-state index in [1.54, 1.807) is 12.1 Å². The van der Waals surface area contributed by atoms with Crippen LogP contribution >= 0.6 is 11.6 Å². The second kappa shape index (κ2) is 5.98. The summed E-state index contributed by atoms with van der Waals surface area (Å²) in [6.45, 7) is 0.974. The van der Waals surface area contributed by atoms with Gasteiger partial charge < -0.3 is 21.6 Å². The number of hydrogen-bond donors (Lipinski definition) is 3. The maximum atomic E-state index is 5.78. The quantitative estimate of drug-likeness (QED) is 0.297. The van der Waals surface area contributed by atoms with Crippen LogP contribution in [0, 0.1) is 0 Å². The summed E-state index contributed by atoms with van der Waals surface area (Å²) in [6.07, 6.45) is 0. The van der Waals surface area contributed by atoms with E-state index in [1.807, 2.05) is 12.1 Å². The van der Waals surface area contributed by atoms with E-state index in [4.69, 9.17) is 27.8 Å². The zero-order valence-electron chi connectivity index (χ0n) is 8.11. The highest BCUT2D eigenvalue weighted by Crippen LogP contribution is 2.16. The van der Waals surface area contributed by atoms with Crippen LogP contribution in [-0.2, 0) is 0 Å². The zero-order chi connectivity index (χ0) is 11.1. The molecule has 0 aliphatic rings. The van der Waals surface area contributed by atoms with Gasteiger partial charge in [-0.15, -0.1) is 5.10 Å². The Balaban J connectivity index is 2.23. The first kappa shape index (κ1) is 11.5. The van der Waals surface area contributed by atoms with Crippen LogP contribution in [0.1, 0.15) is 0 Å². The van der Waals surface area contributed by atoms with Crippen molar-refractivity contribution < 1.29 is 4.74 Å². The van der Waals surface area contributed by atoms with E-state index < -0.39 is 0 Å². The fourth-order valence-corrected chi connectivity index (χ4v) is 1.10. The van der Waals surface area contributed by atoms with E-state index in [2.05, 4.69) is 10.5 Å². The van der Waals surface area contributed by atoms with Crippen LogP contribution in [0.25, 0.3) is 0 Å². The van der Waals surface area contributed by atoms with E-state index in [1.165, 1.54) is 0 Å². The topological polar surface area (TPSA) is 85.7 Å². The monoisotopic (exact) mass is 228 g/mol. The molecule has 1 rings (SSSR count). The minimum absolute atomic E-state index is 0.00208. The molecular weight excluding hydrogens is 216 g/mol. The molecule has 5 nitrogen and oxygen atoms in total. The maximum Gasteiger partial charge on any atom is 0.208 e. The summed E-state index contributed by atoms with van der Waals surface area (Å²) in [6, 6.07) is 7.17. The lowest BCUT2D eigenvalue weighted by molar-refractivity contribution is 0.315. The van der Waals surface area contributed by atoms with Gasteiger partial charge in [0.2, 0.25) is 5.96 Å². The van der Waals surface area contributed by atoms with Crippen molar-refractivity contribution in [2.45, 2.75) is 0 Å². The fraction of sp³-hybridized carbons (Fsp3) is 0.222. The Morgan fingerprint density at radius 1 is 1.47 bits per heavy atom. The summed E-state index contributed by atoms with van der Waals surface area (Å²) in [7, 11) is 0. The normalized spacial score (nSPS) is 9.40. The summed E-state index contributed by atoms with van der Waals surface area (Å²) in [5, 5.41) is 4.23. The first-order valence-electron chi connectivity index (χ1n) is 4.38. The van der Waals surface area contributed by atoms with E-state index in [9.17, 15) is 0 Å². The summed E-state index contributed by atoms with van der Waals surface area (Å²) in [5.74, 6) is 0.715. The Labute approximate surface area is 93.0 Å². The first-order valence-corrected chi connectivity index (χ1v) is 4.76. The second-order valence-electron chi connectivity index (χ2n) is 2.75. The minimum Gasteiger partial charge on any atom is -0.492 e. The molecule has 0 fully saturated rings. The van der Waals surface area contributed by atoms with Crippen molar-refractivity contribution in [2.24, 2.45) is 16.6 Å². The van der Waals surface area contributed by atoms with Gasteiger partial charge in [0.05, 0.1) is 6.54 Å². The van der Waals surface area contributed by atoms with Gasteiger partial charge in [0.15, 0.2) is 0 Å². The third-order valence-corrected chi connectivity index (χ3v) is 1.72. The van der Waals surface area contributed by atoms with Crippen molar-refractivity contribution in [3.63, 3.8) is 0 Å². The van der Waals surface area contributed by atoms with Gasteiger partial charge in [0, 0.05) is 5.02 Å². The Hall–Kier alpha value is -1.62. The van der Waals surface area contributed by atoms with E-state index >= 15 is 0 Å². The molecule has 0 saturated heterocycles. The summed E-state index contributed by atoms with van der Waals surface area (Å²) < 4.78 is 5.37. The van der Waals surface area contributed by atoms with E-state index in [0.717, 1.165) is 0 Å². The fourth-order valence-electron chi connectivity index (χ4n) is 0.918. The molecular formula is C9H13ClN4O. The predicted molar refractivity (Wildman–Crippen MR) is 60.8 cm³/mol. The molecule has 0 aromatic heterocycles. The smallest absolute Gasteiger partial charge is 0.208 e. The molecule has 0 spiro atoms. The molecule has 0 atom stereocenters. The lowest BCUT2D eigenvalue weighted by Gasteiger charge is -2.05. The van der Waals surface area contributed by atoms with Crippen LogP contribution in [0.15, 0.2) is 29.4 Å². The molecule has 0 saturated carbocycles. The van der Waals surface area contributed by atoms with Crippen molar-refractivity contribution in [1.82, 2.24) is 5.43 Å². The van der Waals surface area contributed by atoms with Gasteiger partial charge in [-0.1, -0.05) is 17.7 Å². The number of nitrogens with zero attached hydrogens (tertiary/aromatic N) is 1. The van der Waals surface area contributed by atoms with Crippen molar-refractivity contribution in [3.8, 4) is 5.75 Å². The number of guanidine groups is 1. The highest BCUT2D eigenvalue weighted by Gasteiger charge is 1.93. The van der Waals surface area contributed by atoms with Gasteiger partial charge in [0.1, 0.15) is 12.4 Å². The highest BCUT2D eigenvalue weighted by atomic mass is 35.5. The number of hydrazone groups is 1. The van der Waals surface area contributed by atoms with Crippen LogP contribution in [0.5, 0.6) is 5.75 Å². The summed E-state index contributed by atoms with van der Waals surface area (Å²) in [5.41, 5.74) is 12.9. The Kier molecular flexibility index (Phi) is 4.56. The van der Waals surface area contributed by atoms with Crippen LogP contribution in [0.4, 0.5) is 0 Å². The van der Waals surface area contributed by atoms with Gasteiger partial charge in [0.25, 0.3) is 0 Å². The van der Waals surface area contributed by atoms with Crippen molar-refractivity contribution in [1.29, 1.82) is 0 Å². The third kappa shape index (κ3) is 4.97. The van der Waals surface area contributed by atoms with Crippen LogP contribution in [-0.4, -0.2) is 19.1 Å². The average Bonchev–Trinajstić information content (AvgIpc) is 2.17. The van der Waals surface area contributed by atoms with Gasteiger partial charge in [-0.2, -0.15) is 0 Å². The van der Waals surface area contributed by atoms with Crippen molar-refractivity contribution >= 4 is 17.6 Å². The molecule has 15 heavy (non-hydrogen) atoms. The zero-order valence-corrected chi connectivity index (χ0v) is 8.87. The van der Waals surface area contributed by atoms with Crippen LogP contribution in [0.2, 0.25) is 5.02 Å². The van der Waals surface area contributed by atoms with Gasteiger partial charge in [-0.3, -0.25) is 0 Å². The molecule has 0 aliphatic carbocycles. The first-order chi connectivity index (χ1) is 7.18. The highest BCUT2D eigenvalue weighted by molar-refractivity contribution is 6.30. The number of benzene rings is 1. The SMILES string of the molecule is NC(N)=NNCCOc1cccc(Cl)c1. The van der Waals surface area contributed by atoms with Gasteiger partial charge in [-0.05, 0) is 18.2 Å². The molecule has 0 aliphatic heterocycles. The van der Waals surface area contributed by atoms with Gasteiger partial charge >= 0.3 is 0 Å². The number of halogens is 1. The third-order valence-electron chi connectivity index (χ3n) is 1.49. The van der Waals surface area contributed by atoms with Crippen LogP contribution < -0.4 is 21.6 Å². The molecule has 0 bridgehead atoms. The van der Waals surface area contributed by atoms with Crippen molar-refractivity contribution in [3.05, 3.63) is 29.3 Å². The molecule has 0 radical (unpaired) electrons. The largest absolute Gasteiger partial charge is 0.492 e. The molecule has 5 N–H and O–H groups in total. The molecule has 0 unspecified atom stereocenters. The lowest BCUT2D eigenvalue weighted by Crippen LogP contribution is -2.27. The van der Waals surface area contributed by atoms with Crippen LogP contribution in [0.3, 0.4) is 0 Å². The summed E-state index contributed by atoms with van der Waals surface area (Å²) >= 11 is 5.78. The molecule has 1 aromatic rings. The number of nitrogens with one attached hydrogen (secondary N) is 1. The molecule has 0 heterocycles. The number of ether oxygens (including phenoxy) is 1. The Bertz CT molecular complexity index is 339. The van der Waals surface area contributed by atoms with Crippen molar-refractivity contribution in [2.75, 3.05) is 13.2 Å². The number of hydrogen-bond acceptors (Lipinski definition) is 3. The molecule has 6 heteroatoms. The standard InChI is InChI=1S/C9H13ClN4O/c10-7-2-1-3-8(6-7)15-5-4-13-14-9(11)12/h1-3,6,13H,4-5H2,(H4,11,12,14).